The van der Waals surface area contributed by atoms with Gasteiger partial charge in [-0.2, -0.15) is 0 Å². The standard InChI is InChI=1S/C12H20FNO2S/c1-5-6-12(13)9-11(2)10-17(15,16)8-7-14(3)4/h5-6,9H,2,7-8,10H2,1,3-4H3/b6-5-,12-9+. The van der Waals surface area contributed by atoms with Gasteiger partial charge < -0.3 is 4.90 Å². The van der Waals surface area contributed by atoms with Gasteiger partial charge in [-0.1, -0.05) is 12.7 Å². The molecule has 0 spiro atoms. The molecule has 0 atom stereocenters. The second kappa shape index (κ2) is 7.40. The molecular weight excluding hydrogens is 241 g/mol. The molecule has 0 aromatic carbocycles. The van der Waals surface area contributed by atoms with E-state index in [1.807, 2.05) is 0 Å². The minimum Gasteiger partial charge on any atom is -0.308 e. The van der Waals surface area contributed by atoms with Crippen molar-refractivity contribution < 1.29 is 12.8 Å². The van der Waals surface area contributed by atoms with Crippen molar-refractivity contribution in [1.29, 1.82) is 0 Å². The third-order valence-corrected chi connectivity index (χ3v) is 3.54. The predicted molar refractivity (Wildman–Crippen MR) is 70.4 cm³/mol. The second-order valence-electron chi connectivity index (χ2n) is 4.08. The highest BCUT2D eigenvalue weighted by Gasteiger charge is 2.12. The Bertz CT molecular complexity index is 408. The van der Waals surface area contributed by atoms with E-state index < -0.39 is 15.7 Å². The number of nitrogens with zero attached hydrogens (tertiary/aromatic N) is 1. The predicted octanol–water partition coefficient (Wildman–Crippen LogP) is 1.95. The molecule has 0 saturated carbocycles. The van der Waals surface area contributed by atoms with Crippen LogP contribution in [0.5, 0.6) is 0 Å². The normalized spacial score (nSPS) is 13.6. The molecule has 17 heavy (non-hydrogen) atoms. The van der Waals surface area contributed by atoms with E-state index in [-0.39, 0.29) is 17.1 Å². The van der Waals surface area contributed by atoms with E-state index in [1.54, 1.807) is 32.0 Å². The minimum atomic E-state index is -3.21. The Labute approximate surface area is 103 Å². The van der Waals surface area contributed by atoms with Crippen molar-refractivity contribution in [3.63, 3.8) is 0 Å². The maximum absolute atomic E-state index is 13.1. The summed E-state index contributed by atoms with van der Waals surface area (Å²) in [4.78, 5) is 1.79. The number of rotatable bonds is 7. The molecule has 5 heteroatoms. The van der Waals surface area contributed by atoms with E-state index >= 15 is 0 Å². The molecule has 0 N–H and O–H groups in total. The molecule has 98 valence electrons. The third kappa shape index (κ3) is 8.83. The van der Waals surface area contributed by atoms with Crippen LogP contribution in [0.25, 0.3) is 0 Å². The molecule has 0 aromatic heterocycles. The average Bonchev–Trinajstić information content (AvgIpc) is 2.14. The molecule has 0 aliphatic rings. The lowest BCUT2D eigenvalue weighted by Crippen LogP contribution is -2.23. The van der Waals surface area contributed by atoms with Crippen LogP contribution in [0.2, 0.25) is 0 Å². The molecule has 0 unspecified atom stereocenters. The molecule has 0 saturated heterocycles. The van der Waals surface area contributed by atoms with Crippen LogP contribution in [-0.4, -0.2) is 45.5 Å². The van der Waals surface area contributed by atoms with Crippen LogP contribution in [0.15, 0.2) is 36.2 Å². The summed E-state index contributed by atoms with van der Waals surface area (Å²) >= 11 is 0. The zero-order valence-corrected chi connectivity index (χ0v) is 11.4. The van der Waals surface area contributed by atoms with Crippen molar-refractivity contribution >= 4 is 9.84 Å². The SMILES string of the molecule is C=C(/C=C(F)\C=C/C)CS(=O)(=O)CCN(C)C. The van der Waals surface area contributed by atoms with Crippen molar-refractivity contribution in [3.05, 3.63) is 36.2 Å². The largest absolute Gasteiger partial charge is 0.308 e. The highest BCUT2D eigenvalue weighted by Crippen LogP contribution is 2.07. The van der Waals surface area contributed by atoms with Gasteiger partial charge in [0.05, 0.1) is 11.5 Å². The zero-order valence-electron chi connectivity index (χ0n) is 10.6. The fraction of sp³-hybridized carbons (Fsp3) is 0.500. The Morgan fingerprint density at radius 1 is 1.41 bits per heavy atom. The topological polar surface area (TPSA) is 37.4 Å². The summed E-state index contributed by atoms with van der Waals surface area (Å²) in [5, 5.41) is 0. The Balaban J connectivity index is 4.43. The molecule has 0 aromatic rings. The molecule has 0 heterocycles. The summed E-state index contributed by atoms with van der Waals surface area (Å²) in [5.41, 5.74) is 0.263. The number of allylic oxidation sites excluding steroid dienone is 4. The lowest BCUT2D eigenvalue weighted by Gasteiger charge is -2.09. The van der Waals surface area contributed by atoms with Crippen molar-refractivity contribution in [2.45, 2.75) is 6.92 Å². The van der Waals surface area contributed by atoms with Crippen molar-refractivity contribution in [2.24, 2.45) is 0 Å². The van der Waals surface area contributed by atoms with Gasteiger partial charge in [0, 0.05) is 6.54 Å². The molecule has 0 radical (unpaired) electrons. The maximum atomic E-state index is 13.1. The van der Waals surface area contributed by atoms with Gasteiger partial charge in [-0.05, 0) is 38.7 Å². The highest BCUT2D eigenvalue weighted by atomic mass is 32.2. The molecular formula is C12H20FNO2S. The molecule has 0 amide bonds. The quantitative estimate of drug-likeness (QED) is 0.657. The number of halogens is 1. The van der Waals surface area contributed by atoms with Crippen LogP contribution in [0.4, 0.5) is 4.39 Å². The maximum Gasteiger partial charge on any atom is 0.155 e. The number of sulfone groups is 1. The van der Waals surface area contributed by atoms with E-state index in [0.29, 0.717) is 6.54 Å². The summed E-state index contributed by atoms with van der Waals surface area (Å²) in [6.45, 7) is 5.69. The number of hydrogen-bond donors (Lipinski definition) is 0. The summed E-state index contributed by atoms with van der Waals surface area (Å²) in [6.07, 6.45) is 3.95. The van der Waals surface area contributed by atoms with E-state index in [4.69, 9.17) is 0 Å². The Morgan fingerprint density at radius 3 is 2.47 bits per heavy atom. The van der Waals surface area contributed by atoms with Gasteiger partial charge in [0.15, 0.2) is 9.84 Å². The molecule has 0 rings (SSSR count). The molecule has 0 bridgehead atoms. The summed E-state index contributed by atoms with van der Waals surface area (Å²) < 4.78 is 36.3. The summed E-state index contributed by atoms with van der Waals surface area (Å²) in [6, 6.07) is 0. The monoisotopic (exact) mass is 261 g/mol. The van der Waals surface area contributed by atoms with Gasteiger partial charge in [-0.3, -0.25) is 0 Å². The number of hydrogen-bond acceptors (Lipinski definition) is 3. The van der Waals surface area contributed by atoms with Gasteiger partial charge in [-0.15, -0.1) is 0 Å². The molecule has 0 fully saturated rings. The fourth-order valence-electron chi connectivity index (χ4n) is 1.12. The zero-order chi connectivity index (χ0) is 13.5. The van der Waals surface area contributed by atoms with E-state index in [0.717, 1.165) is 6.08 Å². The van der Waals surface area contributed by atoms with Crippen LogP contribution in [-0.2, 0) is 9.84 Å². The van der Waals surface area contributed by atoms with Gasteiger partial charge in [0.25, 0.3) is 0 Å². The van der Waals surface area contributed by atoms with Crippen LogP contribution in [0, 0.1) is 0 Å². The van der Waals surface area contributed by atoms with Crippen molar-refractivity contribution in [1.82, 2.24) is 4.90 Å². The summed E-state index contributed by atoms with van der Waals surface area (Å²) in [5.74, 6) is -0.635. The lowest BCUT2D eigenvalue weighted by molar-refractivity contribution is 0.432. The highest BCUT2D eigenvalue weighted by molar-refractivity contribution is 7.91. The first-order valence-corrected chi connectivity index (χ1v) is 7.12. The fourth-order valence-corrected chi connectivity index (χ4v) is 2.56. The Kier molecular flexibility index (Phi) is 6.99. The molecule has 0 aliphatic carbocycles. The van der Waals surface area contributed by atoms with Gasteiger partial charge >= 0.3 is 0 Å². The van der Waals surface area contributed by atoms with Crippen molar-refractivity contribution in [2.75, 3.05) is 32.1 Å². The first-order valence-electron chi connectivity index (χ1n) is 5.29. The van der Waals surface area contributed by atoms with Crippen LogP contribution in [0.3, 0.4) is 0 Å². The van der Waals surface area contributed by atoms with E-state index in [9.17, 15) is 12.8 Å². The summed E-state index contributed by atoms with van der Waals surface area (Å²) in [7, 11) is 0.390. The first-order chi connectivity index (χ1) is 7.76. The van der Waals surface area contributed by atoms with Crippen LogP contribution in [0.1, 0.15) is 6.92 Å². The van der Waals surface area contributed by atoms with Gasteiger partial charge in [0.2, 0.25) is 0 Å². The average molecular weight is 261 g/mol. The first kappa shape index (κ1) is 16.1. The molecule has 0 aliphatic heterocycles. The molecule has 3 nitrogen and oxygen atoms in total. The van der Waals surface area contributed by atoms with Crippen molar-refractivity contribution in [3.8, 4) is 0 Å². The van der Waals surface area contributed by atoms with Crippen LogP contribution >= 0.6 is 0 Å². The Morgan fingerprint density at radius 2 is 2.00 bits per heavy atom. The Hall–Kier alpha value is -0.940. The van der Waals surface area contributed by atoms with E-state index in [1.165, 1.54) is 6.08 Å². The second-order valence-corrected chi connectivity index (χ2v) is 6.27. The minimum absolute atomic E-state index is 0.0537. The third-order valence-electron chi connectivity index (χ3n) is 1.92. The van der Waals surface area contributed by atoms with Gasteiger partial charge in [-0.25, -0.2) is 12.8 Å². The smallest absolute Gasteiger partial charge is 0.155 e. The lowest BCUT2D eigenvalue weighted by atomic mass is 10.3. The van der Waals surface area contributed by atoms with Gasteiger partial charge in [0.1, 0.15) is 5.83 Å². The van der Waals surface area contributed by atoms with Crippen LogP contribution < -0.4 is 0 Å². The van der Waals surface area contributed by atoms with E-state index in [2.05, 4.69) is 6.58 Å².